The van der Waals surface area contributed by atoms with Crippen LogP contribution in [0.3, 0.4) is 0 Å². The fraction of sp³-hybridized carbons (Fsp3) is 0.500. The van der Waals surface area contributed by atoms with Crippen LogP contribution in [0.5, 0.6) is 0 Å². The van der Waals surface area contributed by atoms with Gasteiger partial charge in [0.2, 0.25) is 0 Å². The minimum absolute atomic E-state index is 0.252. The van der Waals surface area contributed by atoms with Crippen molar-refractivity contribution in [1.82, 2.24) is 14.4 Å². The van der Waals surface area contributed by atoms with Crippen LogP contribution in [0.4, 0.5) is 5.82 Å². The largest absolute Gasteiger partial charge is 0.383 e. The molecule has 0 spiro atoms. The lowest BCUT2D eigenvalue weighted by Crippen LogP contribution is -2.37. The number of ether oxygens (including phenoxy) is 1. The van der Waals surface area contributed by atoms with Crippen molar-refractivity contribution in [3.63, 3.8) is 0 Å². The number of hydrogen-bond acceptors (Lipinski definition) is 4. The molecule has 0 aliphatic carbocycles. The summed E-state index contributed by atoms with van der Waals surface area (Å²) in [5, 5.41) is 0. The summed E-state index contributed by atoms with van der Waals surface area (Å²) in [7, 11) is 1.71. The molecule has 1 atom stereocenters. The number of imidazole rings is 1. The van der Waals surface area contributed by atoms with Crippen LogP contribution in [0.2, 0.25) is 0 Å². The summed E-state index contributed by atoms with van der Waals surface area (Å²) in [5.41, 5.74) is 0.864. The van der Waals surface area contributed by atoms with E-state index in [2.05, 4.69) is 44.6 Å². The SMILES string of the molecule is CCN(c1nc(Br)cn2ccnc12)C(C)COC. The number of rotatable bonds is 5. The van der Waals surface area contributed by atoms with E-state index >= 15 is 0 Å². The molecule has 18 heavy (non-hydrogen) atoms. The Morgan fingerprint density at radius 1 is 1.56 bits per heavy atom. The van der Waals surface area contributed by atoms with E-state index < -0.39 is 0 Å². The smallest absolute Gasteiger partial charge is 0.180 e. The van der Waals surface area contributed by atoms with Gasteiger partial charge in [0, 0.05) is 32.2 Å². The molecule has 0 radical (unpaired) electrons. The topological polar surface area (TPSA) is 42.7 Å². The molecule has 2 aromatic rings. The van der Waals surface area contributed by atoms with Crippen molar-refractivity contribution in [2.45, 2.75) is 19.9 Å². The lowest BCUT2D eigenvalue weighted by atomic mass is 10.3. The monoisotopic (exact) mass is 312 g/mol. The van der Waals surface area contributed by atoms with E-state index in [9.17, 15) is 0 Å². The minimum atomic E-state index is 0.252. The van der Waals surface area contributed by atoms with Crippen molar-refractivity contribution in [3.05, 3.63) is 23.2 Å². The Bertz CT molecular complexity index is 528. The Morgan fingerprint density at radius 2 is 2.33 bits per heavy atom. The molecular formula is C12H17BrN4O. The molecule has 0 aliphatic heterocycles. The molecular weight excluding hydrogens is 296 g/mol. The van der Waals surface area contributed by atoms with Crippen LogP contribution in [0.25, 0.3) is 5.65 Å². The highest BCUT2D eigenvalue weighted by molar-refractivity contribution is 9.10. The molecule has 2 aromatic heterocycles. The van der Waals surface area contributed by atoms with E-state index in [-0.39, 0.29) is 6.04 Å². The highest BCUT2D eigenvalue weighted by atomic mass is 79.9. The third-order valence-corrected chi connectivity index (χ3v) is 3.26. The molecule has 0 saturated heterocycles. The number of hydrogen-bond donors (Lipinski definition) is 0. The molecule has 0 bridgehead atoms. The van der Waals surface area contributed by atoms with Crippen LogP contribution in [0, 0.1) is 0 Å². The molecule has 1 unspecified atom stereocenters. The number of likely N-dealkylation sites (N-methyl/N-ethyl adjacent to an activating group) is 1. The van der Waals surface area contributed by atoms with Crippen LogP contribution in [-0.4, -0.2) is 40.7 Å². The quantitative estimate of drug-likeness (QED) is 0.850. The highest BCUT2D eigenvalue weighted by Gasteiger charge is 2.18. The summed E-state index contributed by atoms with van der Waals surface area (Å²) in [6, 6.07) is 0.252. The maximum atomic E-state index is 5.22. The fourth-order valence-electron chi connectivity index (χ4n) is 2.08. The fourth-order valence-corrected chi connectivity index (χ4v) is 2.47. The van der Waals surface area contributed by atoms with E-state index in [0.29, 0.717) is 6.61 Å². The first-order valence-electron chi connectivity index (χ1n) is 5.92. The van der Waals surface area contributed by atoms with Gasteiger partial charge in [-0.15, -0.1) is 0 Å². The number of fused-ring (bicyclic) bond motifs is 1. The van der Waals surface area contributed by atoms with Crippen molar-refractivity contribution < 1.29 is 4.74 Å². The van der Waals surface area contributed by atoms with Gasteiger partial charge in [0.25, 0.3) is 0 Å². The normalized spacial score (nSPS) is 12.9. The van der Waals surface area contributed by atoms with Gasteiger partial charge < -0.3 is 14.0 Å². The molecule has 5 nitrogen and oxygen atoms in total. The first-order valence-corrected chi connectivity index (χ1v) is 6.71. The van der Waals surface area contributed by atoms with E-state index in [4.69, 9.17) is 4.74 Å². The first kappa shape index (κ1) is 13.3. The molecule has 0 saturated carbocycles. The molecule has 0 N–H and O–H groups in total. The van der Waals surface area contributed by atoms with Crippen LogP contribution in [0.1, 0.15) is 13.8 Å². The Balaban J connectivity index is 2.46. The van der Waals surface area contributed by atoms with Gasteiger partial charge in [-0.1, -0.05) is 0 Å². The second-order valence-corrected chi connectivity index (χ2v) is 4.95. The second-order valence-electron chi connectivity index (χ2n) is 4.14. The van der Waals surface area contributed by atoms with Gasteiger partial charge in [-0.05, 0) is 29.8 Å². The van der Waals surface area contributed by atoms with Gasteiger partial charge >= 0.3 is 0 Å². The van der Waals surface area contributed by atoms with Crippen molar-refractivity contribution >= 4 is 27.4 Å². The standard InChI is InChI=1S/C12H17BrN4O/c1-4-17(9(2)8-18-3)12-11-14-5-6-16(11)7-10(13)15-12/h5-7,9H,4,8H2,1-3H3. The van der Waals surface area contributed by atoms with Crippen molar-refractivity contribution in [2.75, 3.05) is 25.2 Å². The lowest BCUT2D eigenvalue weighted by Gasteiger charge is -2.28. The zero-order chi connectivity index (χ0) is 13.1. The number of aromatic nitrogens is 3. The number of halogens is 1. The second kappa shape index (κ2) is 5.67. The average Bonchev–Trinajstić information content (AvgIpc) is 2.78. The summed E-state index contributed by atoms with van der Waals surface area (Å²) in [6.07, 6.45) is 5.60. The third-order valence-electron chi connectivity index (χ3n) is 2.88. The van der Waals surface area contributed by atoms with Crippen LogP contribution >= 0.6 is 15.9 Å². The molecule has 0 fully saturated rings. The molecule has 2 heterocycles. The molecule has 0 amide bonds. The molecule has 2 rings (SSSR count). The van der Waals surface area contributed by atoms with E-state index in [0.717, 1.165) is 22.6 Å². The first-order chi connectivity index (χ1) is 8.67. The average molecular weight is 313 g/mol. The van der Waals surface area contributed by atoms with Gasteiger partial charge in [-0.3, -0.25) is 0 Å². The predicted molar refractivity (Wildman–Crippen MR) is 75.0 cm³/mol. The summed E-state index contributed by atoms with van der Waals surface area (Å²) >= 11 is 3.44. The summed E-state index contributed by atoms with van der Waals surface area (Å²) in [6.45, 7) is 5.74. The molecule has 6 heteroatoms. The van der Waals surface area contributed by atoms with E-state index in [1.165, 1.54) is 0 Å². The number of anilines is 1. The predicted octanol–water partition coefficient (Wildman–Crippen LogP) is 2.35. The zero-order valence-corrected chi connectivity index (χ0v) is 12.4. The Kier molecular flexibility index (Phi) is 4.19. The van der Waals surface area contributed by atoms with Gasteiger partial charge in [0.15, 0.2) is 11.5 Å². The van der Waals surface area contributed by atoms with Gasteiger partial charge in [0.05, 0.1) is 12.6 Å². The Labute approximate surface area is 115 Å². The van der Waals surface area contributed by atoms with Crippen molar-refractivity contribution in [2.24, 2.45) is 0 Å². The van der Waals surface area contributed by atoms with E-state index in [1.54, 1.807) is 13.3 Å². The van der Waals surface area contributed by atoms with Crippen LogP contribution in [0.15, 0.2) is 23.2 Å². The molecule has 0 aromatic carbocycles. The summed E-state index contributed by atoms with van der Waals surface area (Å²) in [5.74, 6) is 0.876. The van der Waals surface area contributed by atoms with Crippen molar-refractivity contribution in [3.8, 4) is 0 Å². The summed E-state index contributed by atoms with van der Waals surface area (Å²) in [4.78, 5) is 11.1. The summed E-state index contributed by atoms with van der Waals surface area (Å²) < 4.78 is 7.99. The van der Waals surface area contributed by atoms with Gasteiger partial charge in [-0.2, -0.15) is 0 Å². The Morgan fingerprint density at radius 3 is 3.00 bits per heavy atom. The van der Waals surface area contributed by atoms with Gasteiger partial charge in [-0.25, -0.2) is 9.97 Å². The molecule has 98 valence electrons. The lowest BCUT2D eigenvalue weighted by molar-refractivity contribution is 0.181. The third kappa shape index (κ3) is 2.49. The Hall–Kier alpha value is -1.14. The minimum Gasteiger partial charge on any atom is -0.383 e. The zero-order valence-electron chi connectivity index (χ0n) is 10.8. The van der Waals surface area contributed by atoms with Crippen LogP contribution < -0.4 is 4.90 Å². The van der Waals surface area contributed by atoms with Crippen molar-refractivity contribution in [1.29, 1.82) is 0 Å². The maximum Gasteiger partial charge on any atom is 0.180 e. The van der Waals surface area contributed by atoms with E-state index in [1.807, 2.05) is 16.8 Å². The molecule has 0 aliphatic rings. The maximum absolute atomic E-state index is 5.22. The number of nitrogens with zero attached hydrogens (tertiary/aromatic N) is 4. The highest BCUT2D eigenvalue weighted by Crippen LogP contribution is 2.22. The number of methoxy groups -OCH3 is 1. The van der Waals surface area contributed by atoms with Gasteiger partial charge in [0.1, 0.15) is 4.60 Å². The van der Waals surface area contributed by atoms with Crippen LogP contribution in [-0.2, 0) is 4.74 Å².